The van der Waals surface area contributed by atoms with Crippen LogP contribution in [0.15, 0.2) is 30.3 Å². The molecule has 0 aliphatic rings. The maximum absolute atomic E-state index is 12.3. The average molecular weight is 359 g/mol. The minimum atomic E-state index is -0.569. The summed E-state index contributed by atoms with van der Waals surface area (Å²) in [4.78, 5) is 24.4. The number of rotatable bonds is 9. The molecule has 0 aliphatic carbocycles. The molecule has 130 valence electrons. The first-order valence-corrected chi connectivity index (χ1v) is 8.95. The van der Waals surface area contributed by atoms with Gasteiger partial charge in [0.15, 0.2) is 5.78 Å². The van der Waals surface area contributed by atoms with Crippen LogP contribution in [0.1, 0.15) is 25.8 Å². The first-order chi connectivity index (χ1) is 10.4. The second kappa shape index (κ2) is 11.5. The summed E-state index contributed by atoms with van der Waals surface area (Å²) in [5, 5.41) is 2.83. The minimum absolute atomic E-state index is 0. The fourth-order valence-corrected chi connectivity index (χ4v) is 2.72. The molecular weight excluding hydrogens is 332 g/mol. The highest BCUT2D eigenvalue weighted by Crippen LogP contribution is 2.08. The van der Waals surface area contributed by atoms with Crippen molar-refractivity contribution in [2.75, 3.05) is 12.0 Å². The molecular formula is C17H27ClN2O2S. The Kier molecular flexibility index (Phi) is 11.0. The third kappa shape index (κ3) is 8.39. The molecule has 2 atom stereocenters. The Morgan fingerprint density at radius 3 is 2.35 bits per heavy atom. The number of hydrogen-bond acceptors (Lipinski definition) is 4. The van der Waals surface area contributed by atoms with Crippen LogP contribution in [0.3, 0.4) is 0 Å². The summed E-state index contributed by atoms with van der Waals surface area (Å²) in [6, 6.07) is 8.62. The third-order valence-corrected chi connectivity index (χ3v) is 3.91. The van der Waals surface area contributed by atoms with E-state index in [9.17, 15) is 9.59 Å². The molecule has 2 unspecified atom stereocenters. The first kappa shape index (κ1) is 22.0. The van der Waals surface area contributed by atoms with Crippen molar-refractivity contribution in [2.45, 2.75) is 38.8 Å². The van der Waals surface area contributed by atoms with E-state index < -0.39 is 12.1 Å². The molecule has 1 amide bonds. The second-order valence-corrected chi connectivity index (χ2v) is 6.75. The van der Waals surface area contributed by atoms with Gasteiger partial charge in [0.25, 0.3) is 0 Å². The van der Waals surface area contributed by atoms with Gasteiger partial charge in [-0.25, -0.2) is 0 Å². The van der Waals surface area contributed by atoms with Gasteiger partial charge in [-0.1, -0.05) is 44.2 Å². The molecule has 0 bridgehead atoms. The minimum Gasteiger partial charge on any atom is -0.345 e. The van der Waals surface area contributed by atoms with Gasteiger partial charge in [-0.3, -0.25) is 9.59 Å². The van der Waals surface area contributed by atoms with Gasteiger partial charge in [-0.05, 0) is 30.6 Å². The predicted octanol–water partition coefficient (Wildman–Crippen LogP) is 2.44. The largest absolute Gasteiger partial charge is 0.345 e. The Morgan fingerprint density at radius 2 is 1.83 bits per heavy atom. The van der Waals surface area contributed by atoms with Crippen LogP contribution in [0.5, 0.6) is 0 Å². The lowest BCUT2D eigenvalue weighted by Crippen LogP contribution is -2.50. The van der Waals surface area contributed by atoms with Crippen molar-refractivity contribution < 1.29 is 9.59 Å². The summed E-state index contributed by atoms with van der Waals surface area (Å²) in [5.41, 5.74) is 6.93. The number of ketones is 1. The van der Waals surface area contributed by atoms with Gasteiger partial charge in [-0.15, -0.1) is 12.4 Å². The number of carbonyl (C=O) groups excluding carboxylic acids is 2. The van der Waals surface area contributed by atoms with Gasteiger partial charge >= 0.3 is 0 Å². The van der Waals surface area contributed by atoms with Crippen molar-refractivity contribution in [3.05, 3.63) is 35.9 Å². The Bertz CT molecular complexity index is 483. The van der Waals surface area contributed by atoms with Crippen molar-refractivity contribution in [3.8, 4) is 0 Å². The zero-order valence-corrected chi connectivity index (χ0v) is 15.6. The number of thioether (sulfide) groups is 1. The smallest absolute Gasteiger partial charge is 0.237 e. The number of nitrogens with two attached hydrogens (primary N) is 1. The van der Waals surface area contributed by atoms with Crippen LogP contribution >= 0.6 is 24.2 Å². The summed E-state index contributed by atoms with van der Waals surface area (Å²) in [5.74, 6) is 0.512. The highest BCUT2D eigenvalue weighted by atomic mass is 35.5. The Labute approximate surface area is 149 Å². The topological polar surface area (TPSA) is 72.2 Å². The molecule has 0 radical (unpaired) electrons. The van der Waals surface area contributed by atoms with Crippen molar-refractivity contribution in [1.82, 2.24) is 5.32 Å². The van der Waals surface area contributed by atoms with E-state index >= 15 is 0 Å². The number of halogens is 1. The highest BCUT2D eigenvalue weighted by molar-refractivity contribution is 7.99. The molecule has 4 nitrogen and oxygen atoms in total. The van der Waals surface area contributed by atoms with Crippen molar-refractivity contribution in [1.29, 1.82) is 0 Å². The van der Waals surface area contributed by atoms with Crippen LogP contribution in [-0.2, 0) is 16.0 Å². The van der Waals surface area contributed by atoms with E-state index in [1.807, 2.05) is 50.4 Å². The molecule has 0 saturated carbocycles. The van der Waals surface area contributed by atoms with Crippen LogP contribution < -0.4 is 11.1 Å². The molecule has 1 rings (SSSR count). The third-order valence-electron chi connectivity index (χ3n) is 3.34. The van der Waals surface area contributed by atoms with E-state index in [1.54, 1.807) is 0 Å². The molecule has 0 saturated heterocycles. The van der Waals surface area contributed by atoms with E-state index in [0.717, 1.165) is 5.56 Å². The van der Waals surface area contributed by atoms with Crippen molar-refractivity contribution >= 4 is 35.9 Å². The molecule has 0 aromatic heterocycles. The second-order valence-electron chi connectivity index (χ2n) is 5.89. The molecule has 0 aliphatic heterocycles. The summed E-state index contributed by atoms with van der Waals surface area (Å²) in [7, 11) is 0. The van der Waals surface area contributed by atoms with Gasteiger partial charge in [0, 0.05) is 0 Å². The fourth-order valence-electron chi connectivity index (χ4n) is 2.23. The van der Waals surface area contributed by atoms with Crippen LogP contribution in [0.4, 0.5) is 0 Å². The lowest BCUT2D eigenvalue weighted by molar-refractivity contribution is -0.127. The molecule has 0 spiro atoms. The zero-order valence-electron chi connectivity index (χ0n) is 14.0. The fraction of sp³-hybridized carbons (Fsp3) is 0.529. The predicted molar refractivity (Wildman–Crippen MR) is 100 cm³/mol. The summed E-state index contributed by atoms with van der Waals surface area (Å²) in [6.07, 6.45) is 2.99. The van der Waals surface area contributed by atoms with Crippen LogP contribution in [-0.4, -0.2) is 35.8 Å². The van der Waals surface area contributed by atoms with E-state index in [4.69, 9.17) is 5.73 Å². The van der Waals surface area contributed by atoms with E-state index in [-0.39, 0.29) is 24.1 Å². The molecule has 0 fully saturated rings. The number of carbonyl (C=O) groups is 2. The zero-order chi connectivity index (χ0) is 16.5. The van der Waals surface area contributed by atoms with Gasteiger partial charge in [0.05, 0.1) is 17.8 Å². The van der Waals surface area contributed by atoms with Crippen LogP contribution in [0.2, 0.25) is 0 Å². The molecule has 1 aromatic carbocycles. The van der Waals surface area contributed by atoms with E-state index in [2.05, 4.69) is 5.32 Å². The van der Waals surface area contributed by atoms with Crippen LogP contribution in [0, 0.1) is 5.92 Å². The van der Waals surface area contributed by atoms with E-state index in [0.29, 0.717) is 24.5 Å². The van der Waals surface area contributed by atoms with E-state index in [1.165, 1.54) is 11.8 Å². The Balaban J connectivity index is 0.00000484. The summed E-state index contributed by atoms with van der Waals surface area (Å²) >= 11 is 1.46. The first-order valence-electron chi connectivity index (χ1n) is 7.55. The molecule has 23 heavy (non-hydrogen) atoms. The van der Waals surface area contributed by atoms with Crippen molar-refractivity contribution in [2.24, 2.45) is 11.7 Å². The normalized spacial score (nSPS) is 13.1. The van der Waals surface area contributed by atoms with Crippen molar-refractivity contribution in [3.63, 3.8) is 0 Å². The molecule has 6 heteroatoms. The maximum Gasteiger partial charge on any atom is 0.237 e. The number of amides is 1. The lowest BCUT2D eigenvalue weighted by atomic mass is 10.0. The average Bonchev–Trinajstić information content (AvgIpc) is 2.47. The SMILES string of the molecule is CSCC(=O)C(Cc1ccccc1)NC(=O)C(N)CC(C)C.Cl. The summed E-state index contributed by atoms with van der Waals surface area (Å²) < 4.78 is 0. The Morgan fingerprint density at radius 1 is 1.22 bits per heavy atom. The quantitative estimate of drug-likeness (QED) is 0.711. The maximum atomic E-state index is 12.3. The monoisotopic (exact) mass is 358 g/mol. The van der Waals surface area contributed by atoms with Gasteiger partial charge in [0.1, 0.15) is 0 Å². The standard InChI is InChI=1S/C17H26N2O2S.ClH/c1-12(2)9-14(18)17(21)19-15(16(20)11-22-3)10-13-7-5-4-6-8-13;/h4-8,12,14-15H,9-11,18H2,1-3H3,(H,19,21);1H. The van der Waals surface area contributed by atoms with Crippen LogP contribution in [0.25, 0.3) is 0 Å². The highest BCUT2D eigenvalue weighted by Gasteiger charge is 2.23. The van der Waals surface area contributed by atoms with Gasteiger partial charge < -0.3 is 11.1 Å². The lowest BCUT2D eigenvalue weighted by Gasteiger charge is -2.21. The van der Waals surface area contributed by atoms with Gasteiger partial charge in [-0.2, -0.15) is 11.8 Å². The number of Topliss-reactive ketones (excluding diaryl/α,β-unsaturated/α-hetero) is 1. The molecule has 3 N–H and O–H groups in total. The Hall–Kier alpha value is -1.04. The number of benzene rings is 1. The van der Waals surface area contributed by atoms with Gasteiger partial charge in [0.2, 0.25) is 5.91 Å². The number of nitrogens with one attached hydrogen (secondary N) is 1. The summed E-state index contributed by atoms with van der Waals surface area (Å²) in [6.45, 7) is 4.04. The molecule has 1 aromatic rings. The number of hydrogen-bond donors (Lipinski definition) is 2. The molecule has 0 heterocycles.